The molecule has 0 aromatic heterocycles. The zero-order chi connectivity index (χ0) is 13.2. The average molecular weight is 242 g/mol. The Morgan fingerprint density at radius 1 is 1.17 bits per heavy atom. The lowest BCUT2D eigenvalue weighted by Gasteiger charge is -2.17. The van der Waals surface area contributed by atoms with Gasteiger partial charge in [0.1, 0.15) is 0 Å². The Hall–Kier alpha value is -1.30. The molecular weight excluding hydrogens is 216 g/mol. The second-order valence-electron chi connectivity index (χ2n) is 5.00. The van der Waals surface area contributed by atoms with Crippen molar-refractivity contribution >= 4 is 0 Å². The minimum absolute atomic E-state index is 0.615. The summed E-state index contributed by atoms with van der Waals surface area (Å²) >= 11 is 0. The van der Waals surface area contributed by atoms with E-state index in [4.69, 9.17) is 0 Å². The molecule has 1 aromatic carbocycles. The van der Waals surface area contributed by atoms with Gasteiger partial charge in [0.15, 0.2) is 0 Å². The summed E-state index contributed by atoms with van der Waals surface area (Å²) < 4.78 is 0. The van der Waals surface area contributed by atoms with Gasteiger partial charge in [0.05, 0.1) is 0 Å². The van der Waals surface area contributed by atoms with Crippen LogP contribution < -0.4 is 0 Å². The highest BCUT2D eigenvalue weighted by Crippen LogP contribution is 2.26. The molecular formula is C18H26. The molecule has 0 saturated carbocycles. The van der Waals surface area contributed by atoms with Crippen molar-refractivity contribution in [2.24, 2.45) is 5.92 Å². The lowest BCUT2D eigenvalue weighted by atomic mass is 9.88. The summed E-state index contributed by atoms with van der Waals surface area (Å²) in [6.45, 7) is 8.48. The van der Waals surface area contributed by atoms with Crippen molar-refractivity contribution in [1.82, 2.24) is 0 Å². The molecule has 0 aliphatic rings. The van der Waals surface area contributed by atoms with Gasteiger partial charge in [-0.1, -0.05) is 62.4 Å². The van der Waals surface area contributed by atoms with Gasteiger partial charge in [-0.05, 0) is 43.1 Å². The quantitative estimate of drug-likeness (QED) is 0.511. The van der Waals surface area contributed by atoms with Crippen molar-refractivity contribution in [1.29, 1.82) is 0 Å². The first-order valence-electron chi connectivity index (χ1n) is 7.10. The lowest BCUT2D eigenvalue weighted by Crippen LogP contribution is -2.03. The van der Waals surface area contributed by atoms with Crippen LogP contribution in [0.15, 0.2) is 55.1 Å². The summed E-state index contributed by atoms with van der Waals surface area (Å²) in [7, 11) is 0. The summed E-state index contributed by atoms with van der Waals surface area (Å²) in [5.41, 5.74) is 1.44. The second kappa shape index (κ2) is 8.74. The first-order chi connectivity index (χ1) is 8.77. The highest BCUT2D eigenvalue weighted by Gasteiger charge is 2.11. The van der Waals surface area contributed by atoms with Gasteiger partial charge in [0.25, 0.3) is 0 Å². The fourth-order valence-electron chi connectivity index (χ4n) is 2.30. The molecule has 2 atom stereocenters. The molecule has 0 aliphatic carbocycles. The van der Waals surface area contributed by atoms with Crippen LogP contribution in [-0.2, 0) is 0 Å². The van der Waals surface area contributed by atoms with Gasteiger partial charge >= 0.3 is 0 Å². The van der Waals surface area contributed by atoms with Gasteiger partial charge in [0.2, 0.25) is 0 Å². The van der Waals surface area contributed by atoms with Gasteiger partial charge in [0, 0.05) is 0 Å². The summed E-state index contributed by atoms with van der Waals surface area (Å²) in [5.74, 6) is 1.24. The SMILES string of the molecule is C=CC(CC/C=C/CC)CC(C)c1ccccc1. The number of rotatable bonds is 8. The Labute approximate surface area is 112 Å². The van der Waals surface area contributed by atoms with Crippen molar-refractivity contribution in [2.45, 2.75) is 45.4 Å². The highest BCUT2D eigenvalue weighted by atomic mass is 14.2. The van der Waals surface area contributed by atoms with Crippen molar-refractivity contribution in [3.63, 3.8) is 0 Å². The van der Waals surface area contributed by atoms with Gasteiger partial charge < -0.3 is 0 Å². The zero-order valence-electron chi connectivity index (χ0n) is 11.8. The molecule has 0 heteroatoms. The van der Waals surface area contributed by atoms with Crippen LogP contribution in [0, 0.1) is 5.92 Å². The summed E-state index contributed by atoms with van der Waals surface area (Å²) in [6, 6.07) is 10.8. The molecule has 2 unspecified atom stereocenters. The molecule has 0 bridgehead atoms. The third kappa shape index (κ3) is 5.35. The van der Waals surface area contributed by atoms with E-state index in [1.54, 1.807) is 0 Å². The fraction of sp³-hybridized carbons (Fsp3) is 0.444. The molecule has 0 N–H and O–H groups in total. The normalized spacial score (nSPS) is 14.6. The van der Waals surface area contributed by atoms with E-state index < -0.39 is 0 Å². The first-order valence-corrected chi connectivity index (χ1v) is 7.10. The maximum atomic E-state index is 3.98. The largest absolute Gasteiger partial charge is 0.103 e. The minimum Gasteiger partial charge on any atom is -0.103 e. The maximum absolute atomic E-state index is 3.98. The topological polar surface area (TPSA) is 0 Å². The number of allylic oxidation sites excluding steroid dienone is 3. The molecule has 0 aliphatic heterocycles. The fourth-order valence-corrected chi connectivity index (χ4v) is 2.30. The molecule has 98 valence electrons. The second-order valence-corrected chi connectivity index (χ2v) is 5.00. The van der Waals surface area contributed by atoms with E-state index in [2.05, 4.69) is 69.0 Å². The van der Waals surface area contributed by atoms with E-state index in [1.807, 2.05) is 0 Å². The molecule has 0 heterocycles. The lowest BCUT2D eigenvalue weighted by molar-refractivity contribution is 0.501. The summed E-state index contributed by atoms with van der Waals surface area (Å²) in [6.07, 6.45) is 11.4. The molecule has 1 aromatic rings. The van der Waals surface area contributed by atoms with Crippen molar-refractivity contribution in [2.75, 3.05) is 0 Å². The van der Waals surface area contributed by atoms with Crippen LogP contribution in [-0.4, -0.2) is 0 Å². The van der Waals surface area contributed by atoms with Crippen LogP contribution in [0.2, 0.25) is 0 Å². The maximum Gasteiger partial charge on any atom is -0.0185 e. The standard InChI is InChI=1S/C18H26/c1-4-6-7-9-12-17(5-2)15-16(3)18-13-10-8-11-14-18/h5-8,10-11,13-14,16-17H,2,4,9,12,15H2,1,3H3/b7-6+. The minimum atomic E-state index is 0.615. The number of benzene rings is 1. The predicted octanol–water partition coefficient (Wildman–Crippen LogP) is 5.73. The first kappa shape index (κ1) is 14.8. The molecule has 0 fully saturated rings. The van der Waals surface area contributed by atoms with Crippen LogP contribution in [0.1, 0.15) is 51.0 Å². The Kier molecular flexibility index (Phi) is 7.17. The summed E-state index contributed by atoms with van der Waals surface area (Å²) in [5, 5.41) is 0. The Bertz CT molecular complexity index is 348. The van der Waals surface area contributed by atoms with Crippen molar-refractivity contribution < 1.29 is 0 Å². The van der Waals surface area contributed by atoms with E-state index in [1.165, 1.54) is 24.8 Å². The van der Waals surface area contributed by atoms with Gasteiger partial charge in [-0.2, -0.15) is 0 Å². The predicted molar refractivity (Wildman–Crippen MR) is 81.8 cm³/mol. The average Bonchev–Trinajstić information content (AvgIpc) is 2.43. The van der Waals surface area contributed by atoms with Crippen LogP contribution in [0.25, 0.3) is 0 Å². The molecule has 0 saturated heterocycles. The monoisotopic (exact) mass is 242 g/mol. The highest BCUT2D eigenvalue weighted by molar-refractivity contribution is 5.18. The molecule has 0 radical (unpaired) electrons. The molecule has 1 rings (SSSR count). The van der Waals surface area contributed by atoms with Gasteiger partial charge in [-0.25, -0.2) is 0 Å². The van der Waals surface area contributed by atoms with Crippen LogP contribution in [0.4, 0.5) is 0 Å². The molecule has 18 heavy (non-hydrogen) atoms. The van der Waals surface area contributed by atoms with Crippen LogP contribution >= 0.6 is 0 Å². The number of hydrogen-bond acceptors (Lipinski definition) is 0. The molecule has 0 spiro atoms. The third-order valence-corrected chi connectivity index (χ3v) is 3.46. The summed E-state index contributed by atoms with van der Waals surface area (Å²) in [4.78, 5) is 0. The molecule has 0 nitrogen and oxygen atoms in total. The third-order valence-electron chi connectivity index (χ3n) is 3.46. The Morgan fingerprint density at radius 3 is 2.50 bits per heavy atom. The van der Waals surface area contributed by atoms with Crippen LogP contribution in [0.3, 0.4) is 0 Å². The van der Waals surface area contributed by atoms with Gasteiger partial charge in [-0.15, -0.1) is 6.58 Å². The van der Waals surface area contributed by atoms with E-state index in [0.29, 0.717) is 11.8 Å². The number of hydrogen-bond donors (Lipinski definition) is 0. The van der Waals surface area contributed by atoms with Crippen molar-refractivity contribution in [3.8, 4) is 0 Å². The Morgan fingerprint density at radius 2 is 1.89 bits per heavy atom. The zero-order valence-corrected chi connectivity index (χ0v) is 11.8. The Balaban J connectivity index is 2.43. The van der Waals surface area contributed by atoms with Crippen molar-refractivity contribution in [3.05, 3.63) is 60.7 Å². The smallest absolute Gasteiger partial charge is 0.0185 e. The van der Waals surface area contributed by atoms with E-state index in [9.17, 15) is 0 Å². The van der Waals surface area contributed by atoms with Crippen LogP contribution in [0.5, 0.6) is 0 Å². The molecule has 0 amide bonds. The van der Waals surface area contributed by atoms with E-state index in [0.717, 1.165) is 6.42 Å². The van der Waals surface area contributed by atoms with E-state index in [-0.39, 0.29) is 0 Å². The van der Waals surface area contributed by atoms with Gasteiger partial charge in [-0.3, -0.25) is 0 Å². The van der Waals surface area contributed by atoms with E-state index >= 15 is 0 Å².